The summed E-state index contributed by atoms with van der Waals surface area (Å²) < 4.78 is 5.52. The maximum absolute atomic E-state index is 12.5. The van der Waals surface area contributed by atoms with Gasteiger partial charge in [0, 0.05) is 12.8 Å². The molecule has 0 heterocycles. The molecule has 0 aliphatic heterocycles. The highest BCUT2D eigenvalue weighted by Gasteiger charge is 2.18. The Balaban J connectivity index is 3.32. The molecule has 0 aromatic heterocycles. The zero-order valence-electron chi connectivity index (χ0n) is 60.3. The van der Waals surface area contributed by atoms with E-state index in [4.69, 9.17) is 4.74 Å². The van der Waals surface area contributed by atoms with E-state index in [1.54, 1.807) is 6.08 Å². The van der Waals surface area contributed by atoms with Crippen LogP contribution in [0.1, 0.15) is 476 Å². The number of hydrogen-bond donors (Lipinski definition) is 3. The van der Waals surface area contributed by atoms with E-state index in [0.717, 1.165) is 38.5 Å². The summed E-state index contributed by atoms with van der Waals surface area (Å²) in [6.45, 7) is 4.97. The first-order valence-corrected chi connectivity index (χ1v) is 41.0. The van der Waals surface area contributed by atoms with Gasteiger partial charge in [0.2, 0.25) is 5.91 Å². The van der Waals surface area contributed by atoms with Crippen molar-refractivity contribution < 1.29 is 24.5 Å². The largest absolute Gasteiger partial charge is 0.466 e. The van der Waals surface area contributed by atoms with Gasteiger partial charge in [-0.1, -0.05) is 443 Å². The van der Waals surface area contributed by atoms with Gasteiger partial charge in [-0.15, -0.1) is 0 Å². The van der Waals surface area contributed by atoms with E-state index in [1.165, 1.54) is 411 Å². The van der Waals surface area contributed by atoms with Crippen molar-refractivity contribution in [1.82, 2.24) is 5.32 Å². The zero-order chi connectivity index (χ0) is 63.5. The molecule has 0 rings (SSSR count). The first-order chi connectivity index (χ1) is 43.5. The van der Waals surface area contributed by atoms with Crippen molar-refractivity contribution >= 4 is 11.9 Å². The molecule has 524 valence electrons. The summed E-state index contributed by atoms with van der Waals surface area (Å²) in [5.74, 6) is -0.0311. The predicted molar refractivity (Wildman–Crippen MR) is 389 cm³/mol. The molecular formula is C82H161NO5. The number of hydrogen-bond acceptors (Lipinski definition) is 5. The lowest BCUT2D eigenvalue weighted by molar-refractivity contribution is -0.143. The lowest BCUT2D eigenvalue weighted by Crippen LogP contribution is -2.45. The van der Waals surface area contributed by atoms with Gasteiger partial charge in [0.05, 0.1) is 25.4 Å². The molecule has 0 bridgehead atoms. The molecule has 2 unspecified atom stereocenters. The van der Waals surface area contributed by atoms with Crippen LogP contribution in [0.3, 0.4) is 0 Å². The molecule has 1 amide bonds. The Morgan fingerprint density at radius 2 is 0.523 bits per heavy atom. The highest BCUT2D eigenvalue weighted by Crippen LogP contribution is 2.21. The number of amides is 1. The third kappa shape index (κ3) is 73.6. The van der Waals surface area contributed by atoms with Gasteiger partial charge < -0.3 is 20.3 Å². The Kier molecular flexibility index (Phi) is 76.8. The molecule has 2 atom stereocenters. The highest BCUT2D eigenvalue weighted by atomic mass is 16.5. The standard InChI is InChI=1S/C82H161NO5/c1-3-5-7-9-11-13-15-17-19-21-23-39-42-46-50-54-58-62-66-70-74-80(85)79(78-84)83-81(86)75-71-67-63-59-55-51-47-43-40-36-34-32-30-28-26-24-25-27-29-31-33-35-37-41-45-49-53-57-61-65-69-73-77-88-82(87)76-72-68-64-60-56-52-48-44-38-22-20-18-16-14-12-10-8-6-4-2/h70,74,79-80,84-85H,3-69,71-73,75-78H2,1-2H3,(H,83,86)/b74-70+. The van der Waals surface area contributed by atoms with E-state index in [2.05, 4.69) is 19.2 Å². The van der Waals surface area contributed by atoms with Gasteiger partial charge in [0.1, 0.15) is 0 Å². The van der Waals surface area contributed by atoms with Gasteiger partial charge in [-0.05, 0) is 32.1 Å². The van der Waals surface area contributed by atoms with Crippen molar-refractivity contribution in [2.24, 2.45) is 0 Å². The second-order valence-corrected chi connectivity index (χ2v) is 28.5. The fourth-order valence-corrected chi connectivity index (χ4v) is 13.3. The Labute approximate surface area is 552 Å². The minimum absolute atomic E-state index is 0.0271. The minimum atomic E-state index is -0.842. The average molecular weight is 1240 g/mol. The Bertz CT molecular complexity index is 1340. The number of allylic oxidation sites excluding steroid dienone is 1. The zero-order valence-corrected chi connectivity index (χ0v) is 60.3. The minimum Gasteiger partial charge on any atom is -0.466 e. The SMILES string of the molecule is CCCCCCCCCCCCCCCCCCCC/C=C/C(O)C(CO)NC(=O)CCCCCCCCCCCCCCCCCCCCCCCCCCCCCCCCCCOC(=O)CCCCCCCCCCCCCCCCCCCCC. The summed E-state index contributed by atoms with van der Waals surface area (Å²) in [4.78, 5) is 24.7. The van der Waals surface area contributed by atoms with Crippen LogP contribution >= 0.6 is 0 Å². The molecule has 0 aliphatic carbocycles. The fraction of sp³-hybridized carbons (Fsp3) is 0.951. The second-order valence-electron chi connectivity index (χ2n) is 28.5. The van der Waals surface area contributed by atoms with Crippen LogP contribution in [0.25, 0.3) is 0 Å². The van der Waals surface area contributed by atoms with Crippen LogP contribution < -0.4 is 5.32 Å². The van der Waals surface area contributed by atoms with Crippen LogP contribution in [0.15, 0.2) is 12.2 Å². The number of carbonyl (C=O) groups is 2. The van der Waals surface area contributed by atoms with Crippen molar-refractivity contribution in [3.63, 3.8) is 0 Å². The molecule has 0 radical (unpaired) electrons. The number of aliphatic hydroxyl groups is 2. The molecule has 88 heavy (non-hydrogen) atoms. The van der Waals surface area contributed by atoms with Gasteiger partial charge in [-0.25, -0.2) is 0 Å². The average Bonchev–Trinajstić information content (AvgIpc) is 3.58. The quantitative estimate of drug-likeness (QED) is 0.0320. The second kappa shape index (κ2) is 78.0. The van der Waals surface area contributed by atoms with Gasteiger partial charge in [-0.3, -0.25) is 9.59 Å². The molecule has 0 aliphatic rings. The first kappa shape index (κ1) is 86.6. The monoisotopic (exact) mass is 1240 g/mol. The number of rotatable bonds is 78. The Morgan fingerprint density at radius 3 is 0.773 bits per heavy atom. The van der Waals surface area contributed by atoms with Crippen LogP contribution in [0, 0.1) is 0 Å². The van der Waals surface area contributed by atoms with Gasteiger partial charge in [-0.2, -0.15) is 0 Å². The molecule has 0 spiro atoms. The molecule has 0 aromatic carbocycles. The number of aliphatic hydroxyl groups excluding tert-OH is 2. The van der Waals surface area contributed by atoms with E-state index in [0.29, 0.717) is 19.4 Å². The van der Waals surface area contributed by atoms with Crippen molar-refractivity contribution in [3.05, 3.63) is 12.2 Å². The van der Waals surface area contributed by atoms with Crippen LogP contribution in [0.5, 0.6) is 0 Å². The lowest BCUT2D eigenvalue weighted by atomic mass is 10.0. The molecule has 6 heteroatoms. The van der Waals surface area contributed by atoms with Crippen LogP contribution in [-0.2, 0) is 14.3 Å². The van der Waals surface area contributed by atoms with E-state index < -0.39 is 12.1 Å². The summed E-state index contributed by atoms with van der Waals surface area (Å²) in [6.07, 6.45) is 99.2. The lowest BCUT2D eigenvalue weighted by Gasteiger charge is -2.20. The summed E-state index contributed by atoms with van der Waals surface area (Å²) in [5.41, 5.74) is 0. The normalized spacial score (nSPS) is 12.5. The smallest absolute Gasteiger partial charge is 0.305 e. The Hall–Kier alpha value is -1.40. The topological polar surface area (TPSA) is 95.9 Å². The maximum Gasteiger partial charge on any atom is 0.305 e. The van der Waals surface area contributed by atoms with Gasteiger partial charge in [0.25, 0.3) is 0 Å². The molecule has 0 saturated carbocycles. The van der Waals surface area contributed by atoms with E-state index in [-0.39, 0.29) is 18.5 Å². The van der Waals surface area contributed by atoms with Crippen molar-refractivity contribution in [1.29, 1.82) is 0 Å². The number of nitrogens with one attached hydrogen (secondary N) is 1. The van der Waals surface area contributed by atoms with E-state index in [9.17, 15) is 19.8 Å². The molecule has 6 nitrogen and oxygen atoms in total. The number of carbonyl (C=O) groups excluding carboxylic acids is 2. The number of esters is 1. The molecular weight excluding hydrogens is 1080 g/mol. The summed E-state index contributed by atoms with van der Waals surface area (Å²) in [6, 6.07) is -0.625. The van der Waals surface area contributed by atoms with Gasteiger partial charge in [0.15, 0.2) is 0 Å². The number of unbranched alkanes of at least 4 members (excludes halogenated alkanes) is 67. The van der Waals surface area contributed by atoms with Crippen molar-refractivity contribution in [3.8, 4) is 0 Å². The van der Waals surface area contributed by atoms with Crippen LogP contribution in [0.4, 0.5) is 0 Å². The van der Waals surface area contributed by atoms with Crippen LogP contribution in [0.2, 0.25) is 0 Å². The summed E-state index contributed by atoms with van der Waals surface area (Å²) in [7, 11) is 0. The predicted octanol–water partition coefficient (Wildman–Crippen LogP) is 27.1. The third-order valence-electron chi connectivity index (χ3n) is 19.6. The van der Waals surface area contributed by atoms with E-state index in [1.807, 2.05) is 6.08 Å². The molecule has 3 N–H and O–H groups in total. The highest BCUT2D eigenvalue weighted by molar-refractivity contribution is 5.76. The van der Waals surface area contributed by atoms with E-state index >= 15 is 0 Å². The summed E-state index contributed by atoms with van der Waals surface area (Å²) in [5, 5.41) is 23.3. The third-order valence-corrected chi connectivity index (χ3v) is 19.6. The summed E-state index contributed by atoms with van der Waals surface area (Å²) >= 11 is 0. The molecule has 0 fully saturated rings. The fourth-order valence-electron chi connectivity index (χ4n) is 13.3. The van der Waals surface area contributed by atoms with Gasteiger partial charge >= 0.3 is 5.97 Å². The number of ether oxygens (including phenoxy) is 1. The Morgan fingerprint density at radius 1 is 0.307 bits per heavy atom. The van der Waals surface area contributed by atoms with Crippen LogP contribution in [-0.4, -0.2) is 47.4 Å². The van der Waals surface area contributed by atoms with Crippen molar-refractivity contribution in [2.45, 2.75) is 488 Å². The first-order valence-electron chi connectivity index (χ1n) is 41.0. The molecule has 0 aromatic rings. The maximum atomic E-state index is 12.5. The van der Waals surface area contributed by atoms with Crippen molar-refractivity contribution in [2.75, 3.05) is 13.2 Å². The molecule has 0 saturated heterocycles.